The van der Waals surface area contributed by atoms with E-state index < -0.39 is 23.3 Å². The molecular weight excluding hydrogens is 414 g/mol. The van der Waals surface area contributed by atoms with Gasteiger partial charge in [-0.25, -0.2) is 23.5 Å². The van der Waals surface area contributed by atoms with Gasteiger partial charge in [0.25, 0.3) is 0 Å². The number of benzene rings is 1. The lowest BCUT2D eigenvalue weighted by Gasteiger charge is -2.39. The maximum absolute atomic E-state index is 13.1. The fourth-order valence-electron chi connectivity index (χ4n) is 5.06. The SMILES string of the molecule is COc1cccc([C@H]2C3=CCn4c(=O)n(C)c(=O)n4[C@@H]3CC3=C2C(=O)C=C(C)C3=O)c1O. The lowest BCUT2D eigenvalue weighted by Crippen LogP contribution is -2.40. The second-order valence-corrected chi connectivity index (χ2v) is 8.22. The molecule has 2 atom stereocenters. The maximum atomic E-state index is 13.1. The first-order valence-corrected chi connectivity index (χ1v) is 10.2. The summed E-state index contributed by atoms with van der Waals surface area (Å²) in [4.78, 5) is 51.6. The van der Waals surface area contributed by atoms with Crippen LogP contribution in [-0.4, -0.2) is 37.7 Å². The van der Waals surface area contributed by atoms with E-state index in [4.69, 9.17) is 4.74 Å². The Bertz CT molecular complexity index is 1430. The molecule has 2 aromatic rings. The number of fused-ring (bicyclic) bond motifs is 3. The number of nitrogens with zero attached hydrogens (tertiary/aromatic N) is 3. The first kappa shape index (κ1) is 20.0. The molecule has 0 radical (unpaired) electrons. The van der Waals surface area contributed by atoms with Crippen molar-refractivity contribution in [1.29, 1.82) is 0 Å². The van der Waals surface area contributed by atoms with Gasteiger partial charge in [-0.2, -0.15) is 0 Å². The lowest BCUT2D eigenvalue weighted by molar-refractivity contribution is -0.116. The average molecular weight is 435 g/mol. The molecule has 1 aromatic heterocycles. The molecule has 32 heavy (non-hydrogen) atoms. The minimum Gasteiger partial charge on any atom is -0.504 e. The Labute approximate surface area is 182 Å². The fraction of sp³-hybridized carbons (Fsp3) is 0.304. The third-order valence-corrected chi connectivity index (χ3v) is 6.58. The predicted octanol–water partition coefficient (Wildman–Crippen LogP) is 1.13. The van der Waals surface area contributed by atoms with E-state index in [1.54, 1.807) is 25.1 Å². The van der Waals surface area contributed by atoms with E-state index in [1.807, 2.05) is 6.08 Å². The predicted molar refractivity (Wildman–Crippen MR) is 114 cm³/mol. The van der Waals surface area contributed by atoms with Gasteiger partial charge < -0.3 is 9.84 Å². The second kappa shape index (κ2) is 6.81. The molecule has 164 valence electrons. The molecule has 0 spiro atoms. The summed E-state index contributed by atoms with van der Waals surface area (Å²) < 4.78 is 8.97. The molecule has 1 N–H and O–H groups in total. The van der Waals surface area contributed by atoms with Crippen LogP contribution in [0.15, 0.2) is 62.2 Å². The van der Waals surface area contributed by atoms with Crippen LogP contribution in [0, 0.1) is 0 Å². The van der Waals surface area contributed by atoms with Gasteiger partial charge in [0.15, 0.2) is 23.1 Å². The normalized spacial score (nSPS) is 22.1. The van der Waals surface area contributed by atoms with Gasteiger partial charge in [0.05, 0.1) is 19.7 Å². The molecule has 2 aliphatic carbocycles. The number of allylic oxidation sites excluding steroid dienone is 6. The van der Waals surface area contributed by atoms with Gasteiger partial charge in [0, 0.05) is 41.7 Å². The monoisotopic (exact) mass is 435 g/mol. The lowest BCUT2D eigenvalue weighted by atomic mass is 9.67. The summed E-state index contributed by atoms with van der Waals surface area (Å²) in [7, 11) is 2.83. The van der Waals surface area contributed by atoms with E-state index in [0.29, 0.717) is 27.9 Å². The number of phenolic OH excluding ortho intramolecular Hbond substituents is 1. The molecule has 0 bridgehead atoms. The van der Waals surface area contributed by atoms with Crippen LogP contribution in [0.4, 0.5) is 0 Å². The van der Waals surface area contributed by atoms with Crippen molar-refractivity contribution in [3.8, 4) is 11.5 Å². The third kappa shape index (κ3) is 2.50. The number of ketones is 2. The molecule has 2 heterocycles. The van der Waals surface area contributed by atoms with Crippen LogP contribution < -0.4 is 16.1 Å². The average Bonchev–Trinajstić information content (AvgIpc) is 3.00. The molecule has 0 fully saturated rings. The van der Waals surface area contributed by atoms with Crippen molar-refractivity contribution in [1.82, 2.24) is 13.9 Å². The molecule has 0 amide bonds. The van der Waals surface area contributed by atoms with Gasteiger partial charge in [-0.05, 0) is 24.6 Å². The van der Waals surface area contributed by atoms with Crippen LogP contribution in [0.25, 0.3) is 0 Å². The zero-order valence-corrected chi connectivity index (χ0v) is 17.8. The van der Waals surface area contributed by atoms with E-state index in [-0.39, 0.29) is 36.0 Å². The molecule has 9 heteroatoms. The zero-order chi connectivity index (χ0) is 22.9. The number of aromatic nitrogens is 3. The molecule has 0 saturated carbocycles. The van der Waals surface area contributed by atoms with Crippen LogP contribution in [0.5, 0.6) is 11.5 Å². The molecule has 0 unspecified atom stereocenters. The van der Waals surface area contributed by atoms with E-state index >= 15 is 0 Å². The van der Waals surface area contributed by atoms with Gasteiger partial charge in [-0.1, -0.05) is 18.2 Å². The quantitative estimate of drug-likeness (QED) is 0.559. The van der Waals surface area contributed by atoms with Crippen molar-refractivity contribution >= 4 is 11.6 Å². The van der Waals surface area contributed by atoms with Crippen molar-refractivity contribution in [3.63, 3.8) is 0 Å². The molecule has 1 aliphatic heterocycles. The molecule has 5 rings (SSSR count). The van der Waals surface area contributed by atoms with Crippen LogP contribution in [0.3, 0.4) is 0 Å². The molecule has 3 aliphatic rings. The number of hydrogen-bond donors (Lipinski definition) is 1. The summed E-state index contributed by atoms with van der Waals surface area (Å²) in [6.45, 7) is 1.72. The number of Topliss-reactive ketones (excluding diaryl/α,β-unsaturated/α-hetero) is 1. The number of carbonyl (C=O) groups excluding carboxylic acids is 2. The van der Waals surface area contributed by atoms with Gasteiger partial charge in [-0.15, -0.1) is 0 Å². The van der Waals surface area contributed by atoms with Crippen molar-refractivity contribution in [2.75, 3.05) is 7.11 Å². The standard InChI is InChI=1S/C23H21N3O6/c1-11-9-16(27)19-14(20(11)28)10-15-12(7-8-25-22(30)24(2)23(31)26(15)25)18(19)13-5-4-6-17(32-3)21(13)29/h4-7,9,15,18,29H,8,10H2,1-3H3/t15-,18-/m1/s1. The van der Waals surface area contributed by atoms with E-state index in [9.17, 15) is 24.3 Å². The summed E-state index contributed by atoms with van der Waals surface area (Å²) in [5.74, 6) is -1.22. The zero-order valence-electron chi connectivity index (χ0n) is 17.8. The van der Waals surface area contributed by atoms with Crippen LogP contribution in [0.2, 0.25) is 0 Å². The Morgan fingerprint density at radius 2 is 1.88 bits per heavy atom. The summed E-state index contributed by atoms with van der Waals surface area (Å²) >= 11 is 0. The number of ether oxygens (including phenoxy) is 1. The summed E-state index contributed by atoms with van der Waals surface area (Å²) in [5, 5.41) is 10.9. The highest BCUT2D eigenvalue weighted by molar-refractivity contribution is 6.23. The number of methoxy groups -OCH3 is 1. The third-order valence-electron chi connectivity index (χ3n) is 6.58. The van der Waals surface area contributed by atoms with Crippen molar-refractivity contribution in [3.05, 3.63) is 79.2 Å². The minimum atomic E-state index is -0.754. The first-order chi connectivity index (χ1) is 15.3. The van der Waals surface area contributed by atoms with Crippen LogP contribution in [-0.2, 0) is 23.2 Å². The largest absolute Gasteiger partial charge is 0.504 e. The van der Waals surface area contributed by atoms with Crippen LogP contribution in [0.1, 0.15) is 30.9 Å². The molecule has 0 saturated heterocycles. The number of hydrogen-bond acceptors (Lipinski definition) is 6. The highest BCUT2D eigenvalue weighted by Gasteiger charge is 2.45. The number of rotatable bonds is 2. The van der Waals surface area contributed by atoms with Gasteiger partial charge in [0.2, 0.25) is 0 Å². The Morgan fingerprint density at radius 3 is 2.59 bits per heavy atom. The number of aromatic hydroxyl groups is 1. The van der Waals surface area contributed by atoms with Gasteiger partial charge in [-0.3, -0.25) is 9.59 Å². The fourth-order valence-corrected chi connectivity index (χ4v) is 5.06. The van der Waals surface area contributed by atoms with E-state index in [2.05, 4.69) is 0 Å². The first-order valence-electron chi connectivity index (χ1n) is 10.2. The second-order valence-electron chi connectivity index (χ2n) is 8.22. The minimum absolute atomic E-state index is 0.113. The highest BCUT2D eigenvalue weighted by atomic mass is 16.5. The molecule has 9 nitrogen and oxygen atoms in total. The van der Waals surface area contributed by atoms with Crippen molar-refractivity contribution < 1.29 is 19.4 Å². The van der Waals surface area contributed by atoms with Crippen LogP contribution >= 0.6 is 0 Å². The number of carbonyl (C=O) groups is 2. The topological polar surface area (TPSA) is 113 Å². The molecular formula is C23H21N3O6. The Kier molecular flexibility index (Phi) is 4.27. The smallest absolute Gasteiger partial charge is 0.347 e. The Hall–Kier alpha value is -3.88. The van der Waals surface area contributed by atoms with E-state index in [1.165, 1.54) is 29.6 Å². The summed E-state index contributed by atoms with van der Waals surface area (Å²) in [5.41, 5.74) is 1.07. The van der Waals surface area contributed by atoms with Crippen molar-refractivity contribution in [2.24, 2.45) is 7.05 Å². The Balaban J connectivity index is 1.81. The Morgan fingerprint density at radius 1 is 1.12 bits per heavy atom. The van der Waals surface area contributed by atoms with Gasteiger partial charge in [0.1, 0.15) is 0 Å². The van der Waals surface area contributed by atoms with E-state index in [0.717, 1.165) is 4.57 Å². The highest BCUT2D eigenvalue weighted by Crippen LogP contribution is 2.52. The number of phenols is 1. The summed E-state index contributed by atoms with van der Waals surface area (Å²) in [6, 6.07) is 4.33. The maximum Gasteiger partial charge on any atom is 0.347 e. The number of para-hydroxylation sites is 1. The molecule has 1 aromatic carbocycles. The summed E-state index contributed by atoms with van der Waals surface area (Å²) in [6.07, 6.45) is 3.24. The van der Waals surface area contributed by atoms with Gasteiger partial charge >= 0.3 is 11.4 Å². The van der Waals surface area contributed by atoms with Crippen molar-refractivity contribution in [2.45, 2.75) is 31.8 Å².